The highest BCUT2D eigenvalue weighted by Crippen LogP contribution is 2.16. The first-order chi connectivity index (χ1) is 8.08. The van der Waals surface area contributed by atoms with Crippen molar-refractivity contribution in [3.63, 3.8) is 0 Å². The van der Waals surface area contributed by atoms with E-state index in [9.17, 15) is 9.59 Å². The molecular formula is C12H14ClNO3. The average molecular weight is 256 g/mol. The summed E-state index contributed by atoms with van der Waals surface area (Å²) >= 11 is 5.43. The van der Waals surface area contributed by atoms with Crippen molar-refractivity contribution in [2.24, 2.45) is 0 Å². The molecule has 17 heavy (non-hydrogen) atoms. The lowest BCUT2D eigenvalue weighted by Gasteiger charge is -2.20. The summed E-state index contributed by atoms with van der Waals surface area (Å²) < 4.78 is 4.63. The van der Waals surface area contributed by atoms with Crippen LogP contribution in [-0.4, -0.2) is 31.4 Å². The largest absolute Gasteiger partial charge is 0.452 e. The lowest BCUT2D eigenvalue weighted by molar-refractivity contribution is -0.115. The number of benzene rings is 1. The van der Waals surface area contributed by atoms with E-state index in [1.807, 2.05) is 19.1 Å². The Balaban J connectivity index is 2.93. The summed E-state index contributed by atoms with van der Waals surface area (Å²) in [6.07, 6.45) is -0.577. The summed E-state index contributed by atoms with van der Waals surface area (Å²) in [4.78, 5) is 24.1. The molecule has 0 fully saturated rings. The van der Waals surface area contributed by atoms with Crippen molar-refractivity contribution < 1.29 is 14.3 Å². The van der Waals surface area contributed by atoms with Gasteiger partial charge in [0.25, 0.3) is 0 Å². The molecule has 0 radical (unpaired) electrons. The number of halogens is 1. The first kappa shape index (κ1) is 13.5. The van der Waals surface area contributed by atoms with E-state index >= 15 is 0 Å². The van der Waals surface area contributed by atoms with Crippen molar-refractivity contribution in [2.45, 2.75) is 6.92 Å². The zero-order valence-corrected chi connectivity index (χ0v) is 10.5. The van der Waals surface area contributed by atoms with Crippen LogP contribution in [0.15, 0.2) is 24.3 Å². The minimum Gasteiger partial charge on any atom is -0.452 e. The van der Waals surface area contributed by atoms with Gasteiger partial charge in [-0.15, -0.1) is 11.6 Å². The molecule has 1 rings (SSSR count). The lowest BCUT2D eigenvalue weighted by Crippen LogP contribution is -2.36. The van der Waals surface area contributed by atoms with Crippen LogP contribution in [-0.2, 0) is 9.53 Å². The molecule has 0 spiro atoms. The Labute approximate surface area is 105 Å². The maximum atomic E-state index is 11.6. The number of amides is 1. The number of nitrogens with zero attached hydrogens (tertiary/aromatic N) is 1. The number of alkyl halides is 1. The normalized spacial score (nSPS) is 9.82. The molecular weight excluding hydrogens is 242 g/mol. The zero-order chi connectivity index (χ0) is 12.8. The lowest BCUT2D eigenvalue weighted by atomic mass is 10.2. The number of anilines is 1. The number of hydrogen-bond acceptors (Lipinski definition) is 3. The van der Waals surface area contributed by atoms with E-state index in [0.717, 1.165) is 5.56 Å². The zero-order valence-electron chi connectivity index (χ0n) is 9.77. The summed E-state index contributed by atoms with van der Waals surface area (Å²) in [7, 11) is 1.27. The minimum absolute atomic E-state index is 0.0841. The molecule has 4 nitrogen and oxygen atoms in total. The first-order valence-electron chi connectivity index (χ1n) is 5.08. The van der Waals surface area contributed by atoms with Crippen molar-refractivity contribution in [1.29, 1.82) is 0 Å². The van der Waals surface area contributed by atoms with Gasteiger partial charge >= 0.3 is 6.09 Å². The Morgan fingerprint density at radius 3 is 2.35 bits per heavy atom. The van der Waals surface area contributed by atoms with E-state index in [4.69, 9.17) is 11.6 Å². The van der Waals surface area contributed by atoms with Crippen LogP contribution in [0.4, 0.5) is 10.5 Å². The predicted octanol–water partition coefficient (Wildman–Crippen LogP) is 2.38. The third-order valence-electron chi connectivity index (χ3n) is 2.22. The molecule has 1 aromatic rings. The molecule has 0 aliphatic heterocycles. The van der Waals surface area contributed by atoms with Crippen LogP contribution in [0.1, 0.15) is 5.56 Å². The van der Waals surface area contributed by atoms with Crippen molar-refractivity contribution in [2.75, 3.05) is 24.4 Å². The highest BCUT2D eigenvalue weighted by atomic mass is 35.5. The quantitative estimate of drug-likeness (QED) is 0.776. The maximum Gasteiger partial charge on any atom is 0.414 e. The number of carbonyl (C=O) groups is 2. The van der Waals surface area contributed by atoms with Crippen molar-refractivity contribution in [1.82, 2.24) is 0 Å². The van der Waals surface area contributed by atoms with E-state index in [1.54, 1.807) is 12.1 Å². The Morgan fingerprint density at radius 2 is 1.88 bits per heavy atom. The topological polar surface area (TPSA) is 46.6 Å². The van der Waals surface area contributed by atoms with E-state index in [2.05, 4.69) is 4.74 Å². The van der Waals surface area contributed by atoms with Crippen LogP contribution in [0.25, 0.3) is 0 Å². The average Bonchev–Trinajstić information content (AvgIpc) is 2.36. The van der Waals surface area contributed by atoms with Gasteiger partial charge in [0.2, 0.25) is 0 Å². The third kappa shape index (κ3) is 3.75. The number of rotatable bonds is 4. The minimum atomic E-state index is -0.577. The van der Waals surface area contributed by atoms with Gasteiger partial charge in [-0.05, 0) is 19.1 Å². The molecule has 0 N–H and O–H groups in total. The van der Waals surface area contributed by atoms with E-state index < -0.39 is 6.09 Å². The number of Topliss-reactive ketones (excluding diaryl/α,β-unsaturated/α-hetero) is 1. The molecule has 1 aromatic carbocycles. The SMILES string of the molecule is COC(=O)N(CC(=O)CCl)c1ccc(C)cc1. The van der Waals surface area contributed by atoms with Gasteiger partial charge in [0.1, 0.15) is 0 Å². The van der Waals surface area contributed by atoms with Gasteiger partial charge in [-0.2, -0.15) is 0 Å². The fourth-order valence-corrected chi connectivity index (χ4v) is 1.40. The molecule has 92 valence electrons. The van der Waals surface area contributed by atoms with Gasteiger partial charge in [-0.1, -0.05) is 17.7 Å². The van der Waals surface area contributed by atoms with Gasteiger partial charge in [-0.25, -0.2) is 4.79 Å². The van der Waals surface area contributed by atoms with Crippen LogP contribution in [0.2, 0.25) is 0 Å². The Morgan fingerprint density at radius 1 is 1.29 bits per heavy atom. The number of methoxy groups -OCH3 is 1. The molecule has 0 saturated carbocycles. The molecule has 0 unspecified atom stereocenters. The summed E-state index contributed by atoms with van der Waals surface area (Å²) in [6.45, 7) is 1.86. The van der Waals surface area contributed by atoms with Gasteiger partial charge in [-0.3, -0.25) is 9.69 Å². The van der Waals surface area contributed by atoms with Gasteiger partial charge in [0.05, 0.1) is 19.5 Å². The fourth-order valence-electron chi connectivity index (χ4n) is 1.31. The van der Waals surface area contributed by atoms with E-state index in [1.165, 1.54) is 12.0 Å². The predicted molar refractivity (Wildman–Crippen MR) is 66.7 cm³/mol. The number of ketones is 1. The van der Waals surface area contributed by atoms with E-state index in [0.29, 0.717) is 5.69 Å². The standard InChI is InChI=1S/C12H14ClNO3/c1-9-3-5-10(6-4-9)14(12(16)17-2)8-11(15)7-13/h3-6H,7-8H2,1-2H3. The second-order valence-corrected chi connectivity index (χ2v) is 3.83. The molecule has 0 atom stereocenters. The highest BCUT2D eigenvalue weighted by molar-refractivity contribution is 6.28. The maximum absolute atomic E-state index is 11.6. The van der Waals surface area contributed by atoms with Crippen LogP contribution in [0.5, 0.6) is 0 Å². The first-order valence-corrected chi connectivity index (χ1v) is 5.61. The van der Waals surface area contributed by atoms with Gasteiger partial charge < -0.3 is 4.74 Å². The molecule has 1 amide bonds. The molecule has 0 heterocycles. The van der Waals surface area contributed by atoms with Gasteiger partial charge in [0.15, 0.2) is 5.78 Å². The number of carbonyl (C=O) groups excluding carboxylic acids is 2. The molecule has 0 bridgehead atoms. The second kappa shape index (κ2) is 6.25. The van der Waals surface area contributed by atoms with Crippen molar-refractivity contribution in [3.05, 3.63) is 29.8 Å². The monoisotopic (exact) mass is 255 g/mol. The summed E-state index contributed by atoms with van der Waals surface area (Å²) in [5.41, 5.74) is 1.68. The Bertz CT molecular complexity index is 403. The summed E-state index contributed by atoms with van der Waals surface area (Å²) in [6, 6.07) is 7.23. The second-order valence-electron chi connectivity index (χ2n) is 3.56. The third-order valence-corrected chi connectivity index (χ3v) is 2.52. The smallest absolute Gasteiger partial charge is 0.414 e. The molecule has 0 aliphatic rings. The molecule has 5 heteroatoms. The Hall–Kier alpha value is -1.55. The molecule has 0 aromatic heterocycles. The van der Waals surface area contributed by atoms with E-state index in [-0.39, 0.29) is 18.2 Å². The van der Waals surface area contributed by atoms with Gasteiger partial charge in [0, 0.05) is 5.69 Å². The van der Waals surface area contributed by atoms with Crippen LogP contribution in [0.3, 0.4) is 0 Å². The fraction of sp³-hybridized carbons (Fsp3) is 0.333. The Kier molecular flexibility index (Phi) is 4.97. The number of ether oxygens (including phenoxy) is 1. The summed E-state index contributed by atoms with van der Waals surface area (Å²) in [5, 5.41) is 0. The molecule has 0 saturated heterocycles. The number of aryl methyl sites for hydroxylation is 1. The summed E-state index contributed by atoms with van der Waals surface area (Å²) in [5.74, 6) is -0.364. The molecule has 0 aliphatic carbocycles. The van der Waals surface area contributed by atoms with Crippen LogP contribution >= 0.6 is 11.6 Å². The van der Waals surface area contributed by atoms with Crippen molar-refractivity contribution >= 4 is 29.2 Å². The highest BCUT2D eigenvalue weighted by Gasteiger charge is 2.18. The number of hydrogen-bond donors (Lipinski definition) is 0. The van der Waals surface area contributed by atoms with Crippen LogP contribution in [0, 0.1) is 6.92 Å². The van der Waals surface area contributed by atoms with Crippen molar-refractivity contribution in [3.8, 4) is 0 Å². The van der Waals surface area contributed by atoms with Crippen LogP contribution < -0.4 is 4.90 Å².